The summed E-state index contributed by atoms with van der Waals surface area (Å²) in [5.41, 5.74) is 3.35. The molecule has 0 unspecified atom stereocenters. The van der Waals surface area contributed by atoms with Crippen molar-refractivity contribution in [2.45, 2.75) is 11.8 Å². The Balaban J connectivity index is 2.26. The third-order valence-electron chi connectivity index (χ3n) is 2.71. The first-order chi connectivity index (χ1) is 8.65. The summed E-state index contributed by atoms with van der Waals surface area (Å²) in [7, 11) is 0. The molecule has 0 amide bonds. The molecule has 18 heavy (non-hydrogen) atoms. The Kier molecular flexibility index (Phi) is 3.29. The van der Waals surface area contributed by atoms with E-state index in [0.29, 0.717) is 0 Å². The van der Waals surface area contributed by atoms with Crippen LogP contribution >= 0.6 is 46.6 Å². The van der Waals surface area contributed by atoms with Crippen molar-refractivity contribution in [3.63, 3.8) is 0 Å². The topological polar surface area (TPSA) is 25.8 Å². The molecule has 0 atom stereocenters. The molecule has 0 N–H and O–H groups in total. The molecule has 2 aromatic heterocycles. The molecule has 2 heterocycles. The fourth-order valence-electron chi connectivity index (χ4n) is 1.78. The number of rotatable bonds is 1. The standard InChI is InChI=1S/C13H9IN2S2/c1-7-2-3-8(14)4-9(7)13-16-10-5-15-6-11(17)12(10)18-13/h2-6,17H,1H3. The van der Waals surface area contributed by atoms with Crippen LogP contribution in [0.5, 0.6) is 0 Å². The van der Waals surface area contributed by atoms with Crippen molar-refractivity contribution < 1.29 is 0 Å². The van der Waals surface area contributed by atoms with Gasteiger partial charge in [-0.15, -0.1) is 24.0 Å². The van der Waals surface area contributed by atoms with Crippen LogP contribution in [0.25, 0.3) is 20.8 Å². The molecule has 3 aromatic rings. The van der Waals surface area contributed by atoms with Crippen LogP contribution < -0.4 is 0 Å². The zero-order chi connectivity index (χ0) is 12.7. The third kappa shape index (κ3) is 2.15. The van der Waals surface area contributed by atoms with Crippen LogP contribution in [0.15, 0.2) is 35.5 Å². The second-order valence-electron chi connectivity index (χ2n) is 3.99. The van der Waals surface area contributed by atoms with Crippen molar-refractivity contribution >= 4 is 56.8 Å². The fraction of sp³-hybridized carbons (Fsp3) is 0.0769. The smallest absolute Gasteiger partial charge is 0.125 e. The number of halogens is 1. The van der Waals surface area contributed by atoms with Gasteiger partial charge in [0.2, 0.25) is 0 Å². The normalized spacial score (nSPS) is 11.1. The SMILES string of the molecule is Cc1ccc(I)cc1-c1nc2cncc(S)c2s1. The van der Waals surface area contributed by atoms with Crippen molar-refractivity contribution in [3.05, 3.63) is 39.7 Å². The predicted molar refractivity (Wildman–Crippen MR) is 87.6 cm³/mol. The second kappa shape index (κ2) is 4.79. The second-order valence-corrected chi connectivity index (χ2v) is 6.71. The van der Waals surface area contributed by atoms with Crippen molar-refractivity contribution in [1.29, 1.82) is 0 Å². The maximum atomic E-state index is 4.65. The minimum atomic E-state index is 0.888. The number of aromatic nitrogens is 2. The molecule has 0 aliphatic rings. The Hall–Kier alpha value is -0.660. The number of nitrogens with zero attached hydrogens (tertiary/aromatic N) is 2. The Morgan fingerprint density at radius 1 is 1.28 bits per heavy atom. The summed E-state index contributed by atoms with van der Waals surface area (Å²) in [6.07, 6.45) is 3.55. The summed E-state index contributed by atoms with van der Waals surface area (Å²) in [5.74, 6) is 0. The Labute approximate surface area is 128 Å². The van der Waals surface area contributed by atoms with Gasteiger partial charge in [0, 0.05) is 20.2 Å². The number of hydrogen-bond donors (Lipinski definition) is 1. The lowest BCUT2D eigenvalue weighted by Gasteiger charge is -2.02. The fourth-order valence-corrected chi connectivity index (χ4v) is 3.62. The van der Waals surface area contributed by atoms with E-state index in [-0.39, 0.29) is 0 Å². The van der Waals surface area contributed by atoms with Gasteiger partial charge in [-0.1, -0.05) is 6.07 Å². The van der Waals surface area contributed by atoms with E-state index in [2.05, 4.69) is 70.3 Å². The molecule has 0 aliphatic heterocycles. The van der Waals surface area contributed by atoms with Crippen molar-refractivity contribution in [2.75, 3.05) is 0 Å². The number of pyridine rings is 1. The van der Waals surface area contributed by atoms with Crippen LogP contribution in [0.3, 0.4) is 0 Å². The highest BCUT2D eigenvalue weighted by molar-refractivity contribution is 14.1. The van der Waals surface area contributed by atoms with Gasteiger partial charge in [-0.3, -0.25) is 4.98 Å². The number of thiol groups is 1. The third-order valence-corrected chi connectivity index (χ3v) is 5.01. The summed E-state index contributed by atoms with van der Waals surface area (Å²) in [6, 6.07) is 6.40. The van der Waals surface area contributed by atoms with E-state index in [1.54, 1.807) is 23.7 Å². The summed E-state index contributed by atoms with van der Waals surface area (Å²) in [4.78, 5) is 9.66. The molecule has 0 spiro atoms. The average molecular weight is 384 g/mol. The van der Waals surface area contributed by atoms with Gasteiger partial charge in [0.1, 0.15) is 10.5 Å². The minimum Gasteiger partial charge on any atom is -0.261 e. The molecule has 5 heteroatoms. The molecule has 0 radical (unpaired) electrons. The van der Waals surface area contributed by atoms with Crippen LogP contribution in [0.4, 0.5) is 0 Å². The number of thiazole rings is 1. The number of fused-ring (bicyclic) bond motifs is 1. The molecule has 0 bridgehead atoms. The minimum absolute atomic E-state index is 0.888. The molecule has 2 nitrogen and oxygen atoms in total. The van der Waals surface area contributed by atoms with Gasteiger partial charge >= 0.3 is 0 Å². The molecule has 0 saturated carbocycles. The van der Waals surface area contributed by atoms with E-state index in [4.69, 9.17) is 0 Å². The van der Waals surface area contributed by atoms with Crippen LogP contribution in [0, 0.1) is 10.5 Å². The highest BCUT2D eigenvalue weighted by Crippen LogP contribution is 2.34. The van der Waals surface area contributed by atoms with Gasteiger partial charge in [-0.05, 0) is 47.2 Å². The van der Waals surface area contributed by atoms with Gasteiger partial charge in [-0.2, -0.15) is 0 Å². The first-order valence-electron chi connectivity index (χ1n) is 5.35. The molecular formula is C13H9IN2S2. The van der Waals surface area contributed by atoms with Crippen LogP contribution in [0.1, 0.15) is 5.56 Å². The summed E-state index contributed by atoms with van der Waals surface area (Å²) < 4.78 is 2.32. The highest BCUT2D eigenvalue weighted by Gasteiger charge is 2.10. The zero-order valence-electron chi connectivity index (χ0n) is 9.51. The maximum absolute atomic E-state index is 4.65. The Morgan fingerprint density at radius 2 is 2.11 bits per heavy atom. The van der Waals surface area contributed by atoms with Gasteiger partial charge < -0.3 is 0 Å². The van der Waals surface area contributed by atoms with Gasteiger partial charge in [-0.25, -0.2) is 4.98 Å². The Morgan fingerprint density at radius 3 is 2.89 bits per heavy atom. The lowest BCUT2D eigenvalue weighted by atomic mass is 10.1. The van der Waals surface area contributed by atoms with Gasteiger partial charge in [0.25, 0.3) is 0 Å². The van der Waals surface area contributed by atoms with Crippen molar-refractivity contribution in [2.24, 2.45) is 0 Å². The molecule has 0 fully saturated rings. The summed E-state index contributed by atoms with van der Waals surface area (Å²) in [6.45, 7) is 2.11. The highest BCUT2D eigenvalue weighted by atomic mass is 127. The van der Waals surface area contributed by atoms with E-state index in [1.165, 1.54) is 14.7 Å². The van der Waals surface area contributed by atoms with E-state index in [1.807, 2.05) is 0 Å². The molecular weight excluding hydrogens is 375 g/mol. The first-order valence-corrected chi connectivity index (χ1v) is 7.69. The average Bonchev–Trinajstić information content (AvgIpc) is 2.77. The quantitative estimate of drug-likeness (QED) is 0.492. The predicted octanol–water partition coefficient (Wildman–Crippen LogP) is 4.56. The van der Waals surface area contributed by atoms with Gasteiger partial charge in [0.05, 0.1) is 10.9 Å². The molecule has 1 aromatic carbocycles. The lowest BCUT2D eigenvalue weighted by Crippen LogP contribution is -1.83. The maximum Gasteiger partial charge on any atom is 0.125 e. The van der Waals surface area contributed by atoms with Crippen molar-refractivity contribution in [3.8, 4) is 10.6 Å². The molecule has 0 saturated heterocycles. The number of aryl methyl sites for hydroxylation is 1. The first kappa shape index (κ1) is 12.4. The number of benzene rings is 1. The Bertz CT molecular complexity index is 737. The van der Waals surface area contributed by atoms with E-state index >= 15 is 0 Å². The monoisotopic (exact) mass is 384 g/mol. The van der Waals surface area contributed by atoms with Crippen LogP contribution in [0.2, 0.25) is 0 Å². The molecule has 90 valence electrons. The molecule has 0 aliphatic carbocycles. The summed E-state index contributed by atoms with van der Waals surface area (Å²) >= 11 is 8.42. The van der Waals surface area contributed by atoms with Gasteiger partial charge in [0.15, 0.2) is 0 Å². The molecule has 3 rings (SSSR count). The van der Waals surface area contributed by atoms with Crippen LogP contribution in [-0.4, -0.2) is 9.97 Å². The van der Waals surface area contributed by atoms with E-state index < -0.39 is 0 Å². The summed E-state index contributed by atoms with van der Waals surface area (Å²) in [5, 5.41) is 1.03. The van der Waals surface area contributed by atoms with E-state index in [9.17, 15) is 0 Å². The lowest BCUT2D eigenvalue weighted by molar-refractivity contribution is 1.28. The number of hydrogen-bond acceptors (Lipinski definition) is 4. The largest absolute Gasteiger partial charge is 0.261 e. The van der Waals surface area contributed by atoms with Crippen LogP contribution in [-0.2, 0) is 0 Å². The zero-order valence-corrected chi connectivity index (χ0v) is 13.4. The van der Waals surface area contributed by atoms with Crippen molar-refractivity contribution in [1.82, 2.24) is 9.97 Å². The van der Waals surface area contributed by atoms with E-state index in [0.717, 1.165) is 20.1 Å².